The highest BCUT2D eigenvalue weighted by Crippen LogP contribution is 2.34. The van der Waals surface area contributed by atoms with Crippen LogP contribution in [0, 0.1) is 12.7 Å². The Bertz CT molecular complexity index is 838. The molecule has 0 aliphatic carbocycles. The number of piperidine rings is 1. The number of nitrogens with zero attached hydrogens (tertiary/aromatic N) is 3. The molecule has 0 spiro atoms. The Hall–Kier alpha value is -1.58. The van der Waals surface area contributed by atoms with Crippen molar-refractivity contribution in [3.05, 3.63) is 34.0 Å². The maximum absolute atomic E-state index is 13.6. The first-order valence-corrected chi connectivity index (χ1v) is 9.81. The molecule has 130 valence electrons. The van der Waals surface area contributed by atoms with Crippen LogP contribution in [-0.2, 0) is 10.0 Å². The Morgan fingerprint density at radius 3 is 2.83 bits per heavy atom. The molecule has 0 radical (unpaired) electrons. The molecular weight excluding hydrogens is 353 g/mol. The van der Waals surface area contributed by atoms with Gasteiger partial charge in [-0.05, 0) is 38.0 Å². The number of benzene rings is 1. The van der Waals surface area contributed by atoms with E-state index in [1.165, 1.54) is 34.9 Å². The topological polar surface area (TPSA) is 72.4 Å². The standard InChI is InChI=1S/C15H18FN3O3S2/c1-10-17-18-15(23-10)11-4-3-7-19(9-11)24(20,21)14-8-12(16)5-6-13(14)22-2/h5-6,8,11H,3-4,7,9H2,1-2H3/t11-/m1/s1. The number of aryl methyl sites for hydroxylation is 1. The number of methoxy groups -OCH3 is 1. The summed E-state index contributed by atoms with van der Waals surface area (Å²) in [6.07, 6.45) is 1.58. The predicted octanol–water partition coefficient (Wildman–Crippen LogP) is 2.56. The van der Waals surface area contributed by atoms with Crippen molar-refractivity contribution < 1.29 is 17.5 Å². The summed E-state index contributed by atoms with van der Waals surface area (Å²) < 4.78 is 45.9. The summed E-state index contributed by atoms with van der Waals surface area (Å²) in [6, 6.07) is 3.52. The highest BCUT2D eigenvalue weighted by molar-refractivity contribution is 7.89. The van der Waals surface area contributed by atoms with Crippen molar-refractivity contribution >= 4 is 21.4 Å². The van der Waals surface area contributed by atoms with Crippen LogP contribution < -0.4 is 4.74 Å². The fourth-order valence-corrected chi connectivity index (χ4v) is 5.35. The minimum Gasteiger partial charge on any atom is -0.495 e. The number of ether oxygens (including phenoxy) is 1. The van der Waals surface area contributed by atoms with Crippen molar-refractivity contribution in [2.45, 2.75) is 30.6 Å². The van der Waals surface area contributed by atoms with Gasteiger partial charge in [0.05, 0.1) is 7.11 Å². The number of halogens is 1. The van der Waals surface area contributed by atoms with Crippen LogP contribution in [0.15, 0.2) is 23.1 Å². The Morgan fingerprint density at radius 1 is 1.38 bits per heavy atom. The molecule has 0 amide bonds. The highest BCUT2D eigenvalue weighted by atomic mass is 32.2. The summed E-state index contributed by atoms with van der Waals surface area (Å²) >= 11 is 1.48. The molecule has 24 heavy (non-hydrogen) atoms. The van der Waals surface area contributed by atoms with Crippen LogP contribution in [0.5, 0.6) is 5.75 Å². The molecule has 1 saturated heterocycles. The normalized spacial score (nSPS) is 19.4. The van der Waals surface area contributed by atoms with E-state index < -0.39 is 15.8 Å². The molecule has 3 rings (SSSR count). The predicted molar refractivity (Wildman–Crippen MR) is 88.3 cm³/mol. The van der Waals surface area contributed by atoms with E-state index in [1.54, 1.807) is 0 Å². The summed E-state index contributed by atoms with van der Waals surface area (Å²) in [7, 11) is -2.47. The van der Waals surface area contributed by atoms with Crippen molar-refractivity contribution in [3.8, 4) is 5.75 Å². The van der Waals surface area contributed by atoms with Crippen LogP contribution in [0.25, 0.3) is 0 Å². The Labute approximate surface area is 144 Å². The van der Waals surface area contributed by atoms with Gasteiger partial charge in [0.25, 0.3) is 0 Å². The molecule has 2 heterocycles. The highest BCUT2D eigenvalue weighted by Gasteiger charge is 2.34. The molecule has 1 fully saturated rings. The first kappa shape index (κ1) is 17.2. The van der Waals surface area contributed by atoms with E-state index in [2.05, 4.69) is 10.2 Å². The maximum atomic E-state index is 13.6. The summed E-state index contributed by atoms with van der Waals surface area (Å²) in [6.45, 7) is 2.59. The molecule has 1 aliphatic heterocycles. The first-order chi connectivity index (χ1) is 11.4. The van der Waals surface area contributed by atoms with E-state index in [4.69, 9.17) is 4.74 Å². The lowest BCUT2D eigenvalue weighted by Gasteiger charge is -2.31. The minimum atomic E-state index is -3.84. The second-order valence-corrected chi connectivity index (χ2v) is 8.78. The largest absolute Gasteiger partial charge is 0.495 e. The van der Waals surface area contributed by atoms with Gasteiger partial charge < -0.3 is 4.74 Å². The quantitative estimate of drug-likeness (QED) is 0.826. The summed E-state index contributed by atoms with van der Waals surface area (Å²) in [5, 5.41) is 9.85. The van der Waals surface area contributed by atoms with Crippen molar-refractivity contribution in [3.63, 3.8) is 0 Å². The molecule has 0 saturated carbocycles. The Kier molecular flexibility index (Phi) is 4.84. The van der Waals surface area contributed by atoms with E-state index in [9.17, 15) is 12.8 Å². The fraction of sp³-hybridized carbons (Fsp3) is 0.467. The number of hydrogen-bond acceptors (Lipinski definition) is 6. The van der Waals surface area contributed by atoms with Gasteiger partial charge in [-0.1, -0.05) is 0 Å². The zero-order chi connectivity index (χ0) is 17.3. The maximum Gasteiger partial charge on any atom is 0.246 e. The van der Waals surface area contributed by atoms with Crippen molar-refractivity contribution in [1.29, 1.82) is 0 Å². The van der Waals surface area contributed by atoms with E-state index in [-0.39, 0.29) is 16.6 Å². The summed E-state index contributed by atoms with van der Waals surface area (Å²) in [5.74, 6) is -0.452. The summed E-state index contributed by atoms with van der Waals surface area (Å²) in [5.41, 5.74) is 0. The van der Waals surface area contributed by atoms with Gasteiger partial charge in [0.15, 0.2) is 0 Å². The minimum absolute atomic E-state index is 0.0132. The van der Waals surface area contributed by atoms with Gasteiger partial charge in [-0.2, -0.15) is 4.31 Å². The third-order valence-corrected chi connectivity index (χ3v) is 6.91. The average Bonchev–Trinajstić information content (AvgIpc) is 3.01. The smallest absolute Gasteiger partial charge is 0.246 e. The molecule has 2 aromatic rings. The van der Waals surface area contributed by atoms with Crippen LogP contribution in [0.2, 0.25) is 0 Å². The van der Waals surface area contributed by atoms with E-state index in [0.29, 0.717) is 13.1 Å². The molecule has 1 aromatic carbocycles. The van der Waals surface area contributed by atoms with Crippen LogP contribution in [-0.4, -0.2) is 43.1 Å². The van der Waals surface area contributed by atoms with E-state index in [1.807, 2.05) is 6.92 Å². The fourth-order valence-electron chi connectivity index (χ4n) is 2.83. The molecular formula is C15H18FN3O3S2. The number of sulfonamides is 1. The van der Waals surface area contributed by atoms with Crippen molar-refractivity contribution in [2.24, 2.45) is 0 Å². The van der Waals surface area contributed by atoms with Gasteiger partial charge in [-0.15, -0.1) is 21.5 Å². The SMILES string of the molecule is COc1ccc(F)cc1S(=O)(=O)N1CCC[C@@H](c2nnc(C)s2)C1. The molecule has 0 bridgehead atoms. The van der Waals surface area contributed by atoms with E-state index in [0.717, 1.165) is 28.9 Å². The van der Waals surface area contributed by atoms with Crippen LogP contribution in [0.4, 0.5) is 4.39 Å². The molecule has 1 aliphatic rings. The molecule has 1 aromatic heterocycles. The van der Waals surface area contributed by atoms with Gasteiger partial charge >= 0.3 is 0 Å². The molecule has 1 atom stereocenters. The second kappa shape index (κ2) is 6.73. The Morgan fingerprint density at radius 2 is 2.17 bits per heavy atom. The third kappa shape index (κ3) is 3.28. The first-order valence-electron chi connectivity index (χ1n) is 7.55. The number of hydrogen-bond donors (Lipinski definition) is 0. The van der Waals surface area contributed by atoms with Gasteiger partial charge in [0.1, 0.15) is 26.5 Å². The van der Waals surface area contributed by atoms with Gasteiger partial charge in [0.2, 0.25) is 10.0 Å². The zero-order valence-electron chi connectivity index (χ0n) is 13.4. The second-order valence-electron chi connectivity index (χ2n) is 5.66. The van der Waals surface area contributed by atoms with Crippen molar-refractivity contribution in [2.75, 3.05) is 20.2 Å². The molecule has 0 N–H and O–H groups in total. The van der Waals surface area contributed by atoms with Crippen LogP contribution in [0.3, 0.4) is 0 Å². The lowest BCUT2D eigenvalue weighted by atomic mass is 10.0. The van der Waals surface area contributed by atoms with Gasteiger partial charge in [-0.3, -0.25) is 0 Å². The van der Waals surface area contributed by atoms with Gasteiger partial charge in [-0.25, -0.2) is 12.8 Å². The van der Waals surface area contributed by atoms with E-state index >= 15 is 0 Å². The number of rotatable bonds is 4. The van der Waals surface area contributed by atoms with Gasteiger partial charge in [0, 0.05) is 19.0 Å². The zero-order valence-corrected chi connectivity index (χ0v) is 15.0. The number of aromatic nitrogens is 2. The Balaban J connectivity index is 1.91. The van der Waals surface area contributed by atoms with Crippen molar-refractivity contribution in [1.82, 2.24) is 14.5 Å². The third-order valence-electron chi connectivity index (χ3n) is 4.02. The van der Waals surface area contributed by atoms with Crippen LogP contribution in [0.1, 0.15) is 28.8 Å². The lowest BCUT2D eigenvalue weighted by Crippen LogP contribution is -2.39. The monoisotopic (exact) mass is 371 g/mol. The molecule has 9 heteroatoms. The lowest BCUT2D eigenvalue weighted by molar-refractivity contribution is 0.312. The summed E-state index contributed by atoms with van der Waals surface area (Å²) in [4.78, 5) is -0.140. The van der Waals surface area contributed by atoms with Crippen LogP contribution >= 0.6 is 11.3 Å². The molecule has 6 nitrogen and oxygen atoms in total. The molecule has 0 unspecified atom stereocenters. The average molecular weight is 371 g/mol.